The molecule has 1 aromatic rings. The minimum Gasteiger partial charge on any atom is -0.388 e. The van der Waals surface area contributed by atoms with E-state index in [1.54, 1.807) is 7.11 Å². The van der Waals surface area contributed by atoms with Crippen molar-refractivity contribution in [3.8, 4) is 0 Å². The molecule has 0 aliphatic carbocycles. The highest BCUT2D eigenvalue weighted by atomic mass is 16.5. The van der Waals surface area contributed by atoms with Gasteiger partial charge in [0.2, 0.25) is 0 Å². The van der Waals surface area contributed by atoms with Crippen molar-refractivity contribution in [1.29, 1.82) is 0 Å². The second-order valence-corrected chi connectivity index (χ2v) is 3.94. The number of hydrogen-bond acceptors (Lipinski definition) is 2. The van der Waals surface area contributed by atoms with Gasteiger partial charge in [-0.25, -0.2) is 0 Å². The van der Waals surface area contributed by atoms with E-state index in [1.165, 1.54) is 11.1 Å². The van der Waals surface area contributed by atoms with Crippen LogP contribution in [0, 0.1) is 13.8 Å². The van der Waals surface area contributed by atoms with E-state index >= 15 is 0 Å². The molecule has 0 spiro atoms. The number of benzene rings is 1. The lowest BCUT2D eigenvalue weighted by Gasteiger charge is -2.14. The number of methoxy groups -OCH3 is 1. The fourth-order valence-electron chi connectivity index (χ4n) is 1.71. The van der Waals surface area contributed by atoms with Crippen LogP contribution in [0.25, 0.3) is 0 Å². The number of rotatable bonds is 5. The van der Waals surface area contributed by atoms with E-state index in [2.05, 4.69) is 19.9 Å². The third-order valence-electron chi connectivity index (χ3n) is 2.83. The first-order valence-corrected chi connectivity index (χ1v) is 5.40. The Bertz CT molecular complexity index is 307. The van der Waals surface area contributed by atoms with E-state index in [0.29, 0.717) is 6.61 Å². The Hall–Kier alpha value is -0.860. The van der Waals surface area contributed by atoms with E-state index in [-0.39, 0.29) is 6.10 Å². The van der Waals surface area contributed by atoms with Crippen LogP contribution in [-0.4, -0.2) is 18.8 Å². The van der Waals surface area contributed by atoms with Crippen molar-refractivity contribution >= 4 is 0 Å². The highest BCUT2D eigenvalue weighted by Crippen LogP contribution is 2.23. The van der Waals surface area contributed by atoms with Gasteiger partial charge in [0.1, 0.15) is 0 Å². The summed E-state index contributed by atoms with van der Waals surface area (Å²) in [4.78, 5) is 0. The zero-order valence-corrected chi connectivity index (χ0v) is 9.79. The summed E-state index contributed by atoms with van der Waals surface area (Å²) in [6, 6.07) is 6.07. The van der Waals surface area contributed by atoms with Crippen LogP contribution in [0.2, 0.25) is 0 Å². The van der Waals surface area contributed by atoms with E-state index < -0.39 is 0 Å². The van der Waals surface area contributed by atoms with E-state index in [1.807, 2.05) is 12.1 Å². The maximum atomic E-state index is 10.00. The molecule has 0 heterocycles. The highest BCUT2D eigenvalue weighted by Gasteiger charge is 2.10. The number of aryl methyl sites for hydroxylation is 1. The van der Waals surface area contributed by atoms with Crippen LogP contribution in [0.15, 0.2) is 18.2 Å². The first-order chi connectivity index (χ1) is 7.16. The molecule has 0 bridgehead atoms. The molecule has 0 saturated carbocycles. The minimum absolute atomic E-state index is 0.361. The molecule has 1 rings (SSSR count). The standard InChI is InChI=1S/C13H20O2/c1-10-6-4-7-12(11(10)2)13(14)8-5-9-15-3/h4,6-7,13-14H,5,8-9H2,1-3H3. The number of hydrogen-bond donors (Lipinski definition) is 1. The van der Waals surface area contributed by atoms with Crippen LogP contribution in [0.1, 0.15) is 35.6 Å². The summed E-state index contributed by atoms with van der Waals surface area (Å²) in [5, 5.41) is 10.00. The van der Waals surface area contributed by atoms with Crippen molar-refractivity contribution in [3.63, 3.8) is 0 Å². The average Bonchev–Trinajstić information content (AvgIpc) is 2.22. The third kappa shape index (κ3) is 3.33. The van der Waals surface area contributed by atoms with Crippen LogP contribution >= 0.6 is 0 Å². The van der Waals surface area contributed by atoms with Gasteiger partial charge in [-0.15, -0.1) is 0 Å². The fraction of sp³-hybridized carbons (Fsp3) is 0.538. The van der Waals surface area contributed by atoms with Gasteiger partial charge in [-0.1, -0.05) is 18.2 Å². The van der Waals surface area contributed by atoms with Crippen LogP contribution in [0.4, 0.5) is 0 Å². The normalized spacial score (nSPS) is 12.8. The van der Waals surface area contributed by atoms with Crippen molar-refractivity contribution < 1.29 is 9.84 Å². The number of aliphatic hydroxyl groups excluding tert-OH is 1. The molecular formula is C13H20O2. The van der Waals surface area contributed by atoms with Gasteiger partial charge in [0.05, 0.1) is 6.10 Å². The maximum Gasteiger partial charge on any atom is 0.0793 e. The molecule has 15 heavy (non-hydrogen) atoms. The predicted molar refractivity (Wildman–Crippen MR) is 62.0 cm³/mol. The molecule has 0 fully saturated rings. The monoisotopic (exact) mass is 208 g/mol. The second kappa shape index (κ2) is 5.89. The zero-order valence-electron chi connectivity index (χ0n) is 9.79. The molecule has 0 radical (unpaired) electrons. The lowest BCUT2D eigenvalue weighted by molar-refractivity contribution is 0.136. The Labute approximate surface area is 91.9 Å². The Balaban J connectivity index is 2.65. The molecule has 2 nitrogen and oxygen atoms in total. The molecule has 0 aliphatic heterocycles. The molecule has 0 aliphatic rings. The second-order valence-electron chi connectivity index (χ2n) is 3.94. The topological polar surface area (TPSA) is 29.5 Å². The largest absolute Gasteiger partial charge is 0.388 e. The summed E-state index contributed by atoms with van der Waals surface area (Å²) >= 11 is 0. The van der Waals surface area contributed by atoms with Gasteiger partial charge in [0.25, 0.3) is 0 Å². The summed E-state index contributed by atoms with van der Waals surface area (Å²) in [5.41, 5.74) is 3.48. The Morgan fingerprint density at radius 2 is 2.07 bits per heavy atom. The number of aliphatic hydroxyl groups is 1. The average molecular weight is 208 g/mol. The van der Waals surface area contributed by atoms with Crippen LogP contribution < -0.4 is 0 Å². The highest BCUT2D eigenvalue weighted by molar-refractivity contribution is 5.34. The summed E-state index contributed by atoms with van der Waals surface area (Å²) in [6.45, 7) is 4.84. The first kappa shape index (κ1) is 12.2. The third-order valence-corrected chi connectivity index (χ3v) is 2.83. The van der Waals surface area contributed by atoms with Gasteiger partial charge in [0, 0.05) is 13.7 Å². The molecule has 2 heteroatoms. The summed E-state index contributed by atoms with van der Waals surface area (Å²) < 4.78 is 4.97. The maximum absolute atomic E-state index is 10.00. The van der Waals surface area contributed by atoms with Crippen molar-refractivity contribution in [1.82, 2.24) is 0 Å². The SMILES string of the molecule is COCCCC(O)c1cccc(C)c1C. The first-order valence-electron chi connectivity index (χ1n) is 5.40. The molecule has 1 atom stereocenters. The van der Waals surface area contributed by atoms with Crippen LogP contribution in [0.3, 0.4) is 0 Å². The minimum atomic E-state index is -0.361. The lowest BCUT2D eigenvalue weighted by atomic mass is 9.97. The lowest BCUT2D eigenvalue weighted by Crippen LogP contribution is -2.02. The quantitative estimate of drug-likeness (QED) is 0.754. The molecule has 1 N–H and O–H groups in total. The Kier molecular flexibility index (Phi) is 4.79. The molecule has 0 aromatic heterocycles. The van der Waals surface area contributed by atoms with E-state index in [0.717, 1.165) is 18.4 Å². The summed E-state index contributed by atoms with van der Waals surface area (Å²) in [6.07, 6.45) is 1.29. The number of ether oxygens (including phenoxy) is 1. The Morgan fingerprint density at radius 3 is 2.73 bits per heavy atom. The molecule has 84 valence electrons. The fourth-order valence-corrected chi connectivity index (χ4v) is 1.71. The van der Waals surface area contributed by atoms with Gasteiger partial charge in [0.15, 0.2) is 0 Å². The zero-order chi connectivity index (χ0) is 11.3. The molecule has 0 amide bonds. The van der Waals surface area contributed by atoms with Gasteiger partial charge in [-0.05, 0) is 43.4 Å². The van der Waals surface area contributed by atoms with Gasteiger partial charge >= 0.3 is 0 Å². The molecule has 1 aromatic carbocycles. The predicted octanol–water partition coefficient (Wildman–Crippen LogP) is 2.76. The van der Waals surface area contributed by atoms with Crippen LogP contribution in [-0.2, 0) is 4.74 Å². The van der Waals surface area contributed by atoms with E-state index in [4.69, 9.17) is 4.74 Å². The van der Waals surface area contributed by atoms with Crippen molar-refractivity contribution in [2.75, 3.05) is 13.7 Å². The summed E-state index contributed by atoms with van der Waals surface area (Å²) in [5.74, 6) is 0. The molecule has 1 unspecified atom stereocenters. The van der Waals surface area contributed by atoms with Gasteiger partial charge in [-0.3, -0.25) is 0 Å². The Morgan fingerprint density at radius 1 is 1.33 bits per heavy atom. The van der Waals surface area contributed by atoms with Gasteiger partial charge < -0.3 is 9.84 Å². The van der Waals surface area contributed by atoms with E-state index in [9.17, 15) is 5.11 Å². The smallest absolute Gasteiger partial charge is 0.0793 e. The summed E-state index contributed by atoms with van der Waals surface area (Å²) in [7, 11) is 1.68. The van der Waals surface area contributed by atoms with Crippen molar-refractivity contribution in [3.05, 3.63) is 34.9 Å². The van der Waals surface area contributed by atoms with Crippen molar-refractivity contribution in [2.45, 2.75) is 32.8 Å². The molecular weight excluding hydrogens is 188 g/mol. The van der Waals surface area contributed by atoms with Crippen molar-refractivity contribution in [2.24, 2.45) is 0 Å². The van der Waals surface area contributed by atoms with Gasteiger partial charge in [-0.2, -0.15) is 0 Å². The molecule has 0 saturated heterocycles. The van der Waals surface area contributed by atoms with Crippen LogP contribution in [0.5, 0.6) is 0 Å².